The maximum atomic E-state index is 13.9. The summed E-state index contributed by atoms with van der Waals surface area (Å²) >= 11 is 0. The molecule has 0 saturated heterocycles. The van der Waals surface area contributed by atoms with Crippen molar-refractivity contribution in [3.05, 3.63) is 35.1 Å². The van der Waals surface area contributed by atoms with Crippen molar-refractivity contribution in [2.45, 2.75) is 104 Å². The second kappa shape index (κ2) is 16.6. The minimum atomic E-state index is -0.898. The van der Waals surface area contributed by atoms with E-state index in [0.717, 1.165) is 31.4 Å². The molecule has 0 aromatic heterocycles. The van der Waals surface area contributed by atoms with Crippen molar-refractivity contribution in [2.24, 2.45) is 0 Å². The van der Waals surface area contributed by atoms with Crippen molar-refractivity contribution in [1.82, 2.24) is 0 Å². The Morgan fingerprint density at radius 1 is 0.733 bits per heavy atom. The van der Waals surface area contributed by atoms with Crippen LogP contribution in [0.15, 0.2) is 12.1 Å². The number of benzene rings is 1. The summed E-state index contributed by atoms with van der Waals surface area (Å²) in [6.07, 6.45) is 10.5. The van der Waals surface area contributed by atoms with Crippen LogP contribution in [0.2, 0.25) is 0 Å². The predicted molar refractivity (Wildman–Crippen MR) is 114 cm³/mol. The fourth-order valence-electron chi connectivity index (χ4n) is 3.48. The first kappa shape index (κ1) is 26.9. The molecule has 0 fully saturated rings. The minimum Gasteiger partial charge on any atom is -0.330 e. The largest absolute Gasteiger partial charge is 0.330 e. The molecule has 1 rings (SSSR count). The number of rotatable bonds is 18. The summed E-state index contributed by atoms with van der Waals surface area (Å²) in [4.78, 5) is 0. The lowest BCUT2D eigenvalue weighted by atomic mass is 10.0. The molecule has 0 spiro atoms. The Bertz CT molecular complexity index is 540. The van der Waals surface area contributed by atoms with Crippen molar-refractivity contribution in [3.8, 4) is 0 Å². The highest BCUT2D eigenvalue weighted by Gasteiger charge is 2.18. The van der Waals surface area contributed by atoms with Crippen LogP contribution >= 0.6 is 0 Å². The van der Waals surface area contributed by atoms with Crippen LogP contribution in [0, 0.1) is 17.5 Å². The van der Waals surface area contributed by atoms with Crippen molar-refractivity contribution in [2.75, 3.05) is 13.2 Å². The summed E-state index contributed by atoms with van der Waals surface area (Å²) in [5.74, 6) is -2.57. The van der Waals surface area contributed by atoms with E-state index in [-0.39, 0.29) is 18.1 Å². The minimum absolute atomic E-state index is 0.0720. The first-order chi connectivity index (χ1) is 14.5. The van der Waals surface area contributed by atoms with Gasteiger partial charge in [0.1, 0.15) is 17.5 Å². The number of halogens is 3. The molecule has 0 aliphatic heterocycles. The van der Waals surface area contributed by atoms with Crippen LogP contribution in [0.5, 0.6) is 0 Å². The maximum Gasteiger partial charge on any atom is 0.271 e. The highest BCUT2D eigenvalue weighted by molar-refractivity contribution is 5.20. The molecule has 0 heterocycles. The number of hydrogen-bond donors (Lipinski definition) is 0. The molecule has 30 heavy (non-hydrogen) atoms. The molecule has 0 N–H and O–H groups in total. The summed E-state index contributed by atoms with van der Waals surface area (Å²) < 4.78 is 57.8. The van der Waals surface area contributed by atoms with Gasteiger partial charge in [0.2, 0.25) is 0 Å². The van der Waals surface area contributed by atoms with Crippen LogP contribution in [0.4, 0.5) is 13.2 Å². The third-order valence-electron chi connectivity index (χ3n) is 5.10. The summed E-state index contributed by atoms with van der Waals surface area (Å²) in [6.45, 7) is 6.18. The predicted octanol–water partition coefficient (Wildman–Crippen LogP) is 7.31. The normalized spacial score (nSPS) is 12.6. The van der Waals surface area contributed by atoms with Gasteiger partial charge in [0.05, 0.1) is 6.10 Å². The molecule has 0 bridgehead atoms. The molecule has 0 saturated carbocycles. The van der Waals surface area contributed by atoms with Crippen LogP contribution < -0.4 is 0 Å². The molecule has 0 aliphatic carbocycles. The Labute approximate surface area is 180 Å². The lowest BCUT2D eigenvalue weighted by Gasteiger charge is -2.24. The van der Waals surface area contributed by atoms with Crippen LogP contribution in [0.1, 0.15) is 90.5 Å². The zero-order chi connectivity index (χ0) is 22.2. The van der Waals surface area contributed by atoms with Crippen LogP contribution in [-0.4, -0.2) is 25.8 Å². The van der Waals surface area contributed by atoms with E-state index in [1.807, 2.05) is 13.8 Å². The molecule has 0 amide bonds. The lowest BCUT2D eigenvalue weighted by molar-refractivity contribution is -0.302. The van der Waals surface area contributed by atoms with Crippen LogP contribution in [-0.2, 0) is 20.6 Å². The Morgan fingerprint density at radius 2 is 1.27 bits per heavy atom. The smallest absolute Gasteiger partial charge is 0.271 e. The molecule has 6 heteroatoms. The van der Waals surface area contributed by atoms with Gasteiger partial charge in [-0.1, -0.05) is 51.9 Å². The van der Waals surface area contributed by atoms with Crippen molar-refractivity contribution >= 4 is 0 Å². The molecule has 0 radical (unpaired) electrons. The van der Waals surface area contributed by atoms with E-state index in [1.54, 1.807) is 0 Å². The average Bonchev–Trinajstić information content (AvgIpc) is 2.69. The third kappa shape index (κ3) is 11.3. The molecule has 1 aromatic carbocycles. The van der Waals surface area contributed by atoms with Gasteiger partial charge in [-0.15, -0.1) is 0 Å². The van der Waals surface area contributed by atoms with E-state index in [0.29, 0.717) is 26.1 Å². The molecular formula is C24H39F3O3. The van der Waals surface area contributed by atoms with Gasteiger partial charge in [-0.25, -0.2) is 13.2 Å². The Hall–Kier alpha value is -1.11. The van der Waals surface area contributed by atoms with Gasteiger partial charge in [-0.3, -0.25) is 0 Å². The monoisotopic (exact) mass is 432 g/mol. The van der Waals surface area contributed by atoms with Gasteiger partial charge in [0.25, 0.3) is 6.48 Å². The number of unbranched alkanes of at least 4 members (excludes halogenated alkanes) is 6. The topological polar surface area (TPSA) is 27.7 Å². The average molecular weight is 433 g/mol. The maximum absolute atomic E-state index is 13.9. The summed E-state index contributed by atoms with van der Waals surface area (Å²) in [7, 11) is 0. The third-order valence-corrected chi connectivity index (χ3v) is 5.10. The molecular weight excluding hydrogens is 393 g/mol. The fraction of sp³-hybridized carbons (Fsp3) is 0.750. The first-order valence-corrected chi connectivity index (χ1v) is 11.5. The van der Waals surface area contributed by atoms with Gasteiger partial charge in [-0.2, -0.15) is 0 Å². The summed E-state index contributed by atoms with van der Waals surface area (Å²) in [5.41, 5.74) is -0.0720. The molecule has 0 aliphatic rings. The van der Waals surface area contributed by atoms with Crippen LogP contribution in [0.25, 0.3) is 0 Å². The molecule has 174 valence electrons. The summed E-state index contributed by atoms with van der Waals surface area (Å²) in [6, 6.07) is 1.45. The second-order valence-electron chi connectivity index (χ2n) is 7.61. The highest BCUT2D eigenvalue weighted by Crippen LogP contribution is 2.21. The van der Waals surface area contributed by atoms with E-state index in [2.05, 4.69) is 6.92 Å². The van der Waals surface area contributed by atoms with Gasteiger partial charge in [0.15, 0.2) is 0 Å². The number of ether oxygens (including phenoxy) is 3. The van der Waals surface area contributed by atoms with E-state index in [1.165, 1.54) is 32.1 Å². The molecule has 3 nitrogen and oxygen atoms in total. The van der Waals surface area contributed by atoms with Crippen LogP contribution in [0.3, 0.4) is 0 Å². The highest BCUT2D eigenvalue weighted by atomic mass is 19.1. The zero-order valence-electron chi connectivity index (χ0n) is 18.9. The van der Waals surface area contributed by atoms with E-state index in [9.17, 15) is 13.2 Å². The first-order valence-electron chi connectivity index (χ1n) is 11.5. The lowest BCUT2D eigenvalue weighted by Crippen LogP contribution is -2.27. The zero-order valence-corrected chi connectivity index (χ0v) is 18.9. The van der Waals surface area contributed by atoms with Gasteiger partial charge >= 0.3 is 0 Å². The van der Waals surface area contributed by atoms with E-state index >= 15 is 0 Å². The Morgan fingerprint density at radius 3 is 1.83 bits per heavy atom. The molecule has 1 aromatic rings. The van der Waals surface area contributed by atoms with E-state index in [4.69, 9.17) is 14.2 Å². The van der Waals surface area contributed by atoms with Crippen molar-refractivity contribution in [3.63, 3.8) is 0 Å². The quantitative estimate of drug-likeness (QED) is 0.180. The van der Waals surface area contributed by atoms with Crippen molar-refractivity contribution < 1.29 is 27.4 Å². The van der Waals surface area contributed by atoms with Gasteiger partial charge in [-0.05, 0) is 39.5 Å². The summed E-state index contributed by atoms with van der Waals surface area (Å²) in [5, 5.41) is 0. The van der Waals surface area contributed by atoms with Gasteiger partial charge in [0, 0.05) is 30.9 Å². The fourth-order valence-corrected chi connectivity index (χ4v) is 3.48. The Balaban J connectivity index is 2.54. The SMILES string of the molecule is CCCCCCCCCC(CCCc1c(F)cc(F)cc1F)OC(OCC)OCC. The molecule has 1 atom stereocenters. The standard InChI is InChI=1S/C24H39F3O3/c1-4-7-8-9-10-11-12-14-20(30-24(28-5-2)29-6-3)15-13-16-21-22(26)17-19(25)18-23(21)27/h17-18,20,24H,4-16H2,1-3H3. The van der Waals surface area contributed by atoms with E-state index < -0.39 is 23.9 Å². The van der Waals surface area contributed by atoms with Gasteiger partial charge < -0.3 is 14.2 Å². The van der Waals surface area contributed by atoms with Crippen molar-refractivity contribution in [1.29, 1.82) is 0 Å². The second-order valence-corrected chi connectivity index (χ2v) is 7.61. The number of hydrogen-bond acceptors (Lipinski definition) is 3. The molecule has 1 unspecified atom stereocenters. The Kier molecular flexibility index (Phi) is 14.9.